The number of rotatable bonds is 4. The highest BCUT2D eigenvalue weighted by Crippen LogP contribution is 2.26. The van der Waals surface area contributed by atoms with Gasteiger partial charge in [0.25, 0.3) is 10.0 Å². The monoisotopic (exact) mass is 315 g/mol. The van der Waals surface area contributed by atoms with Crippen molar-refractivity contribution in [1.82, 2.24) is 13.9 Å². The average molecular weight is 315 g/mol. The maximum absolute atomic E-state index is 12.6. The molecule has 2 rings (SSSR count). The summed E-state index contributed by atoms with van der Waals surface area (Å²) < 4.78 is 28.3. The van der Waals surface area contributed by atoms with Crippen molar-refractivity contribution >= 4 is 16.0 Å². The Labute approximate surface area is 124 Å². The molecule has 0 radical (unpaired) electrons. The molecule has 8 heteroatoms. The highest BCUT2D eigenvalue weighted by molar-refractivity contribution is 7.89. The molecular formula is C13H21N3O4S. The van der Waals surface area contributed by atoms with Crippen molar-refractivity contribution < 1.29 is 18.3 Å². The molecule has 0 amide bonds. The van der Waals surface area contributed by atoms with E-state index in [0.29, 0.717) is 25.3 Å². The van der Waals surface area contributed by atoms with Gasteiger partial charge in [0.15, 0.2) is 5.03 Å². The molecule has 2 heterocycles. The summed E-state index contributed by atoms with van der Waals surface area (Å²) in [6, 6.07) is 0. The van der Waals surface area contributed by atoms with E-state index in [2.05, 4.69) is 4.98 Å². The maximum atomic E-state index is 12.6. The van der Waals surface area contributed by atoms with Crippen LogP contribution in [0.5, 0.6) is 0 Å². The number of carboxylic acid groups (broad SMARTS) is 1. The molecule has 1 aliphatic rings. The molecule has 1 aromatic rings. The Hall–Kier alpha value is -1.41. The van der Waals surface area contributed by atoms with Gasteiger partial charge in [-0.25, -0.2) is 13.4 Å². The molecule has 0 bridgehead atoms. The smallest absolute Gasteiger partial charge is 0.307 e. The summed E-state index contributed by atoms with van der Waals surface area (Å²) in [7, 11) is -3.74. The quantitative estimate of drug-likeness (QED) is 0.892. The molecule has 1 aromatic heterocycles. The van der Waals surface area contributed by atoms with E-state index in [0.717, 1.165) is 0 Å². The first-order chi connectivity index (χ1) is 9.75. The van der Waals surface area contributed by atoms with Gasteiger partial charge in [0.1, 0.15) is 5.82 Å². The predicted octanol–water partition coefficient (Wildman–Crippen LogP) is 0.943. The lowest BCUT2D eigenvalue weighted by Crippen LogP contribution is -2.45. The van der Waals surface area contributed by atoms with Crippen LogP contribution < -0.4 is 0 Å². The molecule has 1 aliphatic heterocycles. The normalized spacial score (nSPS) is 24.1. The summed E-state index contributed by atoms with van der Waals surface area (Å²) in [5, 5.41) is 9.16. The van der Waals surface area contributed by atoms with E-state index >= 15 is 0 Å². The van der Waals surface area contributed by atoms with Crippen molar-refractivity contribution in [2.75, 3.05) is 13.1 Å². The Morgan fingerprint density at radius 3 is 2.67 bits per heavy atom. The number of aryl methyl sites for hydroxylation is 2. The minimum absolute atomic E-state index is 0.0000822. The molecule has 0 aromatic carbocycles. The van der Waals surface area contributed by atoms with Gasteiger partial charge in [-0.1, -0.05) is 6.92 Å². The van der Waals surface area contributed by atoms with E-state index in [1.54, 1.807) is 11.5 Å². The molecule has 21 heavy (non-hydrogen) atoms. The third kappa shape index (κ3) is 3.11. The standard InChI is InChI=1S/C13H21N3O4S/c1-4-15-8-12(14-10(15)3)21(19,20)16-6-9(2)5-11(7-16)13(17)18/h8-9,11H,4-7H2,1-3H3,(H,17,18). The molecule has 1 saturated heterocycles. The maximum Gasteiger partial charge on any atom is 0.307 e. The second kappa shape index (κ2) is 5.76. The van der Waals surface area contributed by atoms with E-state index in [4.69, 9.17) is 5.11 Å². The third-order valence-electron chi connectivity index (χ3n) is 3.87. The van der Waals surface area contributed by atoms with Crippen molar-refractivity contribution in [3.63, 3.8) is 0 Å². The van der Waals surface area contributed by atoms with Gasteiger partial charge >= 0.3 is 5.97 Å². The van der Waals surface area contributed by atoms with Crippen molar-refractivity contribution in [2.45, 2.75) is 38.8 Å². The Balaban J connectivity index is 2.31. The van der Waals surface area contributed by atoms with Gasteiger partial charge in [0.2, 0.25) is 0 Å². The molecule has 118 valence electrons. The fourth-order valence-corrected chi connectivity index (χ4v) is 4.33. The van der Waals surface area contributed by atoms with Gasteiger partial charge in [0, 0.05) is 25.8 Å². The van der Waals surface area contributed by atoms with Gasteiger partial charge < -0.3 is 9.67 Å². The van der Waals surface area contributed by atoms with Crippen LogP contribution in [-0.2, 0) is 21.4 Å². The summed E-state index contributed by atoms with van der Waals surface area (Å²) in [6.07, 6.45) is 2.02. The summed E-state index contributed by atoms with van der Waals surface area (Å²) in [6.45, 7) is 6.52. The van der Waals surface area contributed by atoms with Gasteiger partial charge in [0.05, 0.1) is 5.92 Å². The zero-order chi connectivity index (χ0) is 15.8. The number of nitrogens with zero attached hydrogens (tertiary/aromatic N) is 3. The second-order valence-electron chi connectivity index (χ2n) is 5.61. The number of hydrogen-bond donors (Lipinski definition) is 1. The molecule has 2 unspecified atom stereocenters. The van der Waals surface area contributed by atoms with Crippen LogP contribution in [0.25, 0.3) is 0 Å². The molecule has 0 saturated carbocycles. The van der Waals surface area contributed by atoms with Crippen LogP contribution in [0.15, 0.2) is 11.2 Å². The van der Waals surface area contributed by atoms with Crippen LogP contribution >= 0.6 is 0 Å². The molecule has 0 aliphatic carbocycles. The van der Waals surface area contributed by atoms with Crippen LogP contribution in [0.3, 0.4) is 0 Å². The summed E-state index contributed by atoms with van der Waals surface area (Å²) >= 11 is 0. The SMILES string of the molecule is CCn1cc(S(=O)(=O)N2CC(C)CC(C(=O)O)C2)nc1C. The number of aliphatic carboxylic acids is 1. The minimum atomic E-state index is -3.74. The fraction of sp³-hybridized carbons (Fsp3) is 0.692. The number of piperidine rings is 1. The first kappa shape index (κ1) is 16.0. The lowest BCUT2D eigenvalue weighted by atomic mass is 9.92. The number of sulfonamides is 1. The third-order valence-corrected chi connectivity index (χ3v) is 5.58. The van der Waals surface area contributed by atoms with Crippen molar-refractivity contribution in [3.05, 3.63) is 12.0 Å². The average Bonchev–Trinajstić information content (AvgIpc) is 2.80. The minimum Gasteiger partial charge on any atom is -0.481 e. The molecule has 7 nitrogen and oxygen atoms in total. The molecular weight excluding hydrogens is 294 g/mol. The van der Waals surface area contributed by atoms with E-state index in [1.807, 2.05) is 13.8 Å². The highest BCUT2D eigenvalue weighted by Gasteiger charge is 2.37. The van der Waals surface area contributed by atoms with Crippen LogP contribution in [0.4, 0.5) is 0 Å². The number of carbonyl (C=O) groups is 1. The Kier molecular flexibility index (Phi) is 4.38. The highest BCUT2D eigenvalue weighted by atomic mass is 32.2. The summed E-state index contributed by atoms with van der Waals surface area (Å²) in [4.78, 5) is 15.3. The molecule has 0 spiro atoms. The zero-order valence-electron chi connectivity index (χ0n) is 12.5. The van der Waals surface area contributed by atoms with Gasteiger partial charge in [-0.2, -0.15) is 4.31 Å². The fourth-order valence-electron chi connectivity index (χ4n) is 2.73. The van der Waals surface area contributed by atoms with Crippen LogP contribution in [0.2, 0.25) is 0 Å². The second-order valence-corrected chi connectivity index (χ2v) is 7.50. The number of imidazole rings is 1. The lowest BCUT2D eigenvalue weighted by Gasteiger charge is -2.33. The summed E-state index contributed by atoms with van der Waals surface area (Å²) in [5.74, 6) is -0.949. The van der Waals surface area contributed by atoms with Crippen molar-refractivity contribution in [3.8, 4) is 0 Å². The Bertz CT molecular complexity index is 638. The molecule has 1 N–H and O–H groups in total. The van der Waals surface area contributed by atoms with Gasteiger partial charge in [-0.3, -0.25) is 4.79 Å². The zero-order valence-corrected chi connectivity index (χ0v) is 13.3. The van der Waals surface area contributed by atoms with E-state index in [-0.39, 0.29) is 17.5 Å². The van der Waals surface area contributed by atoms with Crippen LogP contribution in [0.1, 0.15) is 26.1 Å². The first-order valence-corrected chi connectivity index (χ1v) is 8.46. The topological polar surface area (TPSA) is 92.5 Å². The largest absolute Gasteiger partial charge is 0.481 e. The van der Waals surface area contributed by atoms with Crippen LogP contribution in [0, 0.1) is 18.8 Å². The summed E-state index contributed by atoms with van der Waals surface area (Å²) in [5.41, 5.74) is 0. The number of aromatic nitrogens is 2. The van der Waals surface area contributed by atoms with Gasteiger partial charge in [-0.15, -0.1) is 0 Å². The predicted molar refractivity (Wildman–Crippen MR) is 76.3 cm³/mol. The molecule has 2 atom stereocenters. The van der Waals surface area contributed by atoms with Crippen molar-refractivity contribution in [2.24, 2.45) is 11.8 Å². The van der Waals surface area contributed by atoms with Crippen molar-refractivity contribution in [1.29, 1.82) is 0 Å². The molecule has 1 fully saturated rings. The van der Waals surface area contributed by atoms with Gasteiger partial charge in [-0.05, 0) is 26.2 Å². The number of carboxylic acids is 1. The Morgan fingerprint density at radius 1 is 1.48 bits per heavy atom. The lowest BCUT2D eigenvalue weighted by molar-refractivity contribution is -0.143. The van der Waals surface area contributed by atoms with E-state index in [9.17, 15) is 13.2 Å². The van der Waals surface area contributed by atoms with E-state index < -0.39 is 21.9 Å². The number of hydrogen-bond acceptors (Lipinski definition) is 4. The Morgan fingerprint density at radius 2 is 2.14 bits per heavy atom. The van der Waals surface area contributed by atoms with E-state index in [1.165, 1.54) is 10.5 Å². The first-order valence-electron chi connectivity index (χ1n) is 7.02. The van der Waals surface area contributed by atoms with Crippen LogP contribution in [-0.4, -0.2) is 46.4 Å².